The molecule has 20 heavy (non-hydrogen) atoms. The minimum Gasteiger partial charge on any atom is -0.383 e. The second-order valence-electron chi connectivity index (χ2n) is 5.64. The molecule has 3 rings (SSSR count). The molecule has 0 bridgehead atoms. The lowest BCUT2D eigenvalue weighted by molar-refractivity contribution is 0.495. The van der Waals surface area contributed by atoms with Crippen molar-refractivity contribution < 1.29 is 0 Å². The van der Waals surface area contributed by atoms with Crippen LogP contribution in [0.2, 0.25) is 0 Å². The van der Waals surface area contributed by atoms with E-state index in [-0.39, 0.29) is 0 Å². The van der Waals surface area contributed by atoms with Crippen LogP contribution < -0.4 is 5.73 Å². The molecular weight excluding hydrogens is 248 g/mol. The Morgan fingerprint density at radius 1 is 1.50 bits per heavy atom. The normalized spacial score (nSPS) is 17.6. The molecule has 1 atom stereocenters. The maximum absolute atomic E-state index is 9.48. The zero-order valence-corrected chi connectivity index (χ0v) is 11.8. The number of rotatable bonds is 1. The quantitative estimate of drug-likeness (QED) is 0.862. The predicted molar refractivity (Wildman–Crippen MR) is 79.0 cm³/mol. The van der Waals surface area contributed by atoms with E-state index in [0.29, 0.717) is 17.3 Å². The topological polar surface area (TPSA) is 67.6 Å². The maximum Gasteiger partial charge on any atom is 0.142 e. The number of fused-ring (bicyclic) bond motifs is 1. The van der Waals surface area contributed by atoms with Crippen molar-refractivity contribution >= 4 is 5.82 Å². The number of nitrogens with two attached hydrogens (primary N) is 1. The fraction of sp³-hybridized carbons (Fsp3) is 0.375. The summed E-state index contributed by atoms with van der Waals surface area (Å²) in [6.45, 7) is 2.25. The van der Waals surface area contributed by atoms with Crippen LogP contribution in [-0.4, -0.2) is 9.55 Å². The number of nitrogens with zero attached hydrogens (tertiary/aromatic N) is 3. The molecule has 2 heterocycles. The molecule has 0 radical (unpaired) electrons. The average molecular weight is 266 g/mol. The first-order valence-electron chi connectivity index (χ1n) is 6.94. The third-order valence-electron chi connectivity index (χ3n) is 4.15. The second kappa shape index (κ2) is 4.68. The van der Waals surface area contributed by atoms with Gasteiger partial charge in [-0.3, -0.25) is 0 Å². The van der Waals surface area contributed by atoms with Crippen molar-refractivity contribution in [3.8, 4) is 17.3 Å². The molecule has 0 aliphatic heterocycles. The lowest BCUT2D eigenvalue weighted by Gasteiger charge is -2.25. The number of hydrogen-bond acceptors (Lipinski definition) is 3. The summed E-state index contributed by atoms with van der Waals surface area (Å²) in [7, 11) is 1.99. The van der Waals surface area contributed by atoms with Gasteiger partial charge in [-0.25, -0.2) is 4.98 Å². The second-order valence-corrected chi connectivity index (χ2v) is 5.64. The Morgan fingerprint density at radius 2 is 2.30 bits per heavy atom. The smallest absolute Gasteiger partial charge is 0.142 e. The lowest BCUT2D eigenvalue weighted by atomic mass is 9.83. The summed E-state index contributed by atoms with van der Waals surface area (Å²) in [5, 5.41) is 9.48. The van der Waals surface area contributed by atoms with Crippen LogP contribution in [0.5, 0.6) is 0 Å². The minimum atomic E-state index is 0.358. The summed E-state index contributed by atoms with van der Waals surface area (Å²) in [4.78, 5) is 4.47. The first-order valence-corrected chi connectivity index (χ1v) is 6.94. The highest BCUT2D eigenvalue weighted by molar-refractivity contribution is 5.77. The maximum atomic E-state index is 9.48. The Morgan fingerprint density at radius 3 is 2.95 bits per heavy atom. The highest BCUT2D eigenvalue weighted by atomic mass is 14.9. The molecule has 0 saturated carbocycles. The van der Waals surface area contributed by atoms with Gasteiger partial charge >= 0.3 is 0 Å². The highest BCUT2D eigenvalue weighted by Gasteiger charge is 2.25. The van der Waals surface area contributed by atoms with Gasteiger partial charge in [-0.15, -0.1) is 0 Å². The van der Waals surface area contributed by atoms with E-state index in [1.165, 1.54) is 5.56 Å². The van der Waals surface area contributed by atoms with Crippen LogP contribution in [0.1, 0.15) is 30.2 Å². The molecule has 0 saturated heterocycles. The van der Waals surface area contributed by atoms with Crippen molar-refractivity contribution in [2.24, 2.45) is 13.0 Å². The number of anilines is 1. The summed E-state index contributed by atoms with van der Waals surface area (Å²) in [6.07, 6.45) is 5.05. The van der Waals surface area contributed by atoms with Gasteiger partial charge in [0.15, 0.2) is 0 Å². The van der Waals surface area contributed by atoms with E-state index in [0.717, 1.165) is 36.2 Å². The SMILES string of the molecule is C[C@@H]1CCc2nc(N)c(C#N)c(-c3cccn3C)c2C1. The van der Waals surface area contributed by atoms with E-state index in [2.05, 4.69) is 18.0 Å². The van der Waals surface area contributed by atoms with E-state index in [1.807, 2.05) is 29.9 Å². The number of pyridine rings is 1. The van der Waals surface area contributed by atoms with E-state index in [4.69, 9.17) is 5.73 Å². The number of nitrogen functional groups attached to an aromatic ring is 1. The van der Waals surface area contributed by atoms with Crippen LogP contribution in [0.3, 0.4) is 0 Å². The largest absolute Gasteiger partial charge is 0.383 e. The molecule has 0 aromatic carbocycles. The summed E-state index contributed by atoms with van der Waals surface area (Å²) in [5.74, 6) is 0.982. The summed E-state index contributed by atoms with van der Waals surface area (Å²) < 4.78 is 2.04. The van der Waals surface area contributed by atoms with E-state index in [1.54, 1.807) is 0 Å². The monoisotopic (exact) mass is 266 g/mol. The molecule has 0 spiro atoms. The molecule has 1 aliphatic carbocycles. The highest BCUT2D eigenvalue weighted by Crippen LogP contribution is 2.37. The van der Waals surface area contributed by atoms with Crippen molar-refractivity contribution in [1.29, 1.82) is 5.26 Å². The van der Waals surface area contributed by atoms with Crippen LogP contribution in [0.4, 0.5) is 5.82 Å². The number of hydrogen-bond donors (Lipinski definition) is 1. The van der Waals surface area contributed by atoms with E-state index in [9.17, 15) is 5.26 Å². The Labute approximate surface area is 118 Å². The Kier molecular flexibility index (Phi) is 2.98. The predicted octanol–water partition coefficient (Wildman–Crippen LogP) is 2.67. The van der Waals surface area contributed by atoms with Gasteiger partial charge in [0.25, 0.3) is 0 Å². The minimum absolute atomic E-state index is 0.358. The molecule has 2 N–H and O–H groups in total. The summed E-state index contributed by atoms with van der Waals surface area (Å²) in [6, 6.07) is 6.27. The van der Waals surface area contributed by atoms with Crippen molar-refractivity contribution in [1.82, 2.24) is 9.55 Å². The summed E-state index contributed by atoms with van der Waals surface area (Å²) in [5.41, 5.74) is 10.8. The number of aryl methyl sites for hydroxylation is 2. The van der Waals surface area contributed by atoms with Gasteiger partial charge in [-0.05, 0) is 42.9 Å². The van der Waals surface area contributed by atoms with Crippen molar-refractivity contribution in [2.75, 3.05) is 5.73 Å². The standard InChI is InChI=1S/C16H18N4/c1-10-5-6-13-11(8-10)15(12(9-17)16(18)19-13)14-4-3-7-20(14)2/h3-4,7,10H,5-6,8H2,1-2H3,(H2,18,19)/t10-/m1/s1. The fourth-order valence-electron chi connectivity index (χ4n) is 3.07. The molecule has 2 aromatic rings. The van der Waals surface area contributed by atoms with Gasteiger partial charge in [-0.1, -0.05) is 6.92 Å². The Hall–Kier alpha value is -2.28. The molecule has 2 aromatic heterocycles. The molecule has 102 valence electrons. The van der Waals surface area contributed by atoms with Gasteiger partial charge < -0.3 is 10.3 Å². The van der Waals surface area contributed by atoms with Gasteiger partial charge in [0.05, 0.1) is 0 Å². The van der Waals surface area contributed by atoms with Gasteiger partial charge in [-0.2, -0.15) is 5.26 Å². The molecule has 0 amide bonds. The third kappa shape index (κ3) is 1.87. The van der Waals surface area contributed by atoms with Crippen LogP contribution in [0.25, 0.3) is 11.3 Å². The van der Waals surface area contributed by atoms with Crippen molar-refractivity contribution in [2.45, 2.75) is 26.2 Å². The van der Waals surface area contributed by atoms with Crippen molar-refractivity contribution in [3.05, 3.63) is 35.2 Å². The zero-order valence-electron chi connectivity index (χ0n) is 11.8. The van der Waals surface area contributed by atoms with Crippen LogP contribution in [-0.2, 0) is 19.9 Å². The van der Waals surface area contributed by atoms with Crippen LogP contribution in [0.15, 0.2) is 18.3 Å². The Bertz CT molecular complexity index is 706. The van der Waals surface area contributed by atoms with E-state index >= 15 is 0 Å². The van der Waals surface area contributed by atoms with Gasteiger partial charge in [0, 0.05) is 30.2 Å². The molecule has 4 heteroatoms. The first-order chi connectivity index (χ1) is 9.61. The van der Waals surface area contributed by atoms with Gasteiger partial charge in [0.1, 0.15) is 17.5 Å². The van der Waals surface area contributed by atoms with Crippen molar-refractivity contribution in [3.63, 3.8) is 0 Å². The molecule has 0 fully saturated rings. The molecular formula is C16H18N4. The van der Waals surface area contributed by atoms with Gasteiger partial charge in [0.2, 0.25) is 0 Å². The molecule has 0 unspecified atom stereocenters. The zero-order chi connectivity index (χ0) is 14.3. The third-order valence-corrected chi connectivity index (χ3v) is 4.15. The van der Waals surface area contributed by atoms with Crippen LogP contribution >= 0.6 is 0 Å². The summed E-state index contributed by atoms with van der Waals surface area (Å²) >= 11 is 0. The lowest BCUT2D eigenvalue weighted by Crippen LogP contribution is -2.17. The number of nitriles is 1. The number of aromatic nitrogens is 2. The average Bonchev–Trinajstić information content (AvgIpc) is 2.84. The fourth-order valence-corrected chi connectivity index (χ4v) is 3.07. The van der Waals surface area contributed by atoms with E-state index < -0.39 is 0 Å². The van der Waals surface area contributed by atoms with Crippen LogP contribution in [0, 0.1) is 17.2 Å². The molecule has 1 aliphatic rings. The Balaban J connectivity index is 2.33. The first kappa shape index (κ1) is 12.7. The molecule has 4 nitrogen and oxygen atoms in total.